The molecule has 0 radical (unpaired) electrons. The Bertz CT molecular complexity index is 430. The van der Waals surface area contributed by atoms with E-state index in [2.05, 4.69) is 22.2 Å². The van der Waals surface area contributed by atoms with Crippen molar-refractivity contribution >= 4 is 29.0 Å². The first-order valence-electron chi connectivity index (χ1n) is 6.12. The number of aliphatic hydroxyl groups excluding tert-OH is 1. The van der Waals surface area contributed by atoms with Crippen LogP contribution in [0.1, 0.15) is 32.6 Å². The van der Waals surface area contributed by atoms with E-state index in [9.17, 15) is 5.11 Å². The van der Waals surface area contributed by atoms with Crippen molar-refractivity contribution in [3.05, 3.63) is 16.5 Å². The Kier molecular flexibility index (Phi) is 4.30. The molecule has 1 aliphatic rings. The Hall–Kier alpha value is -0.580. The highest BCUT2D eigenvalue weighted by molar-refractivity contribution is 6.33. The summed E-state index contributed by atoms with van der Waals surface area (Å²) in [4.78, 5) is 7.90. The van der Waals surface area contributed by atoms with Gasteiger partial charge in [0.15, 0.2) is 0 Å². The molecule has 0 bridgehead atoms. The molecule has 2 unspecified atom stereocenters. The third-order valence-corrected chi connectivity index (χ3v) is 3.95. The molecule has 2 atom stereocenters. The normalized spacial score (nSPS) is 28.1. The molecular formula is C12H17Cl2N3O. The predicted octanol–water partition coefficient (Wildman–Crippen LogP) is 3.14. The molecule has 0 aromatic carbocycles. The summed E-state index contributed by atoms with van der Waals surface area (Å²) in [5, 5.41) is 13.5. The van der Waals surface area contributed by atoms with E-state index >= 15 is 0 Å². The standard InChI is InChI=1S/C12H17Cl2N3O/c1-8-3-2-4-12(5-8,7-18)17-10-9(13)6-15-11(14)16-10/h6,8,18H,2-5,7H2,1H3,(H,15,16,17). The zero-order valence-electron chi connectivity index (χ0n) is 10.3. The van der Waals surface area contributed by atoms with Gasteiger partial charge in [0.1, 0.15) is 10.8 Å². The second-order valence-corrected chi connectivity index (χ2v) is 5.85. The maximum absolute atomic E-state index is 9.70. The largest absolute Gasteiger partial charge is 0.394 e. The van der Waals surface area contributed by atoms with E-state index < -0.39 is 0 Å². The lowest BCUT2D eigenvalue weighted by Crippen LogP contribution is -2.46. The van der Waals surface area contributed by atoms with Crippen LogP contribution >= 0.6 is 23.2 Å². The zero-order chi connectivity index (χ0) is 13.2. The van der Waals surface area contributed by atoms with Crippen LogP contribution in [0.3, 0.4) is 0 Å². The van der Waals surface area contributed by atoms with Crippen molar-refractivity contribution in [2.24, 2.45) is 5.92 Å². The molecule has 0 spiro atoms. The lowest BCUT2D eigenvalue weighted by atomic mass is 9.77. The van der Waals surface area contributed by atoms with Crippen LogP contribution < -0.4 is 5.32 Å². The first-order valence-corrected chi connectivity index (χ1v) is 6.87. The van der Waals surface area contributed by atoms with Crippen molar-refractivity contribution in [1.82, 2.24) is 9.97 Å². The van der Waals surface area contributed by atoms with E-state index in [0.29, 0.717) is 16.8 Å². The summed E-state index contributed by atoms with van der Waals surface area (Å²) in [6.07, 6.45) is 5.57. The molecule has 18 heavy (non-hydrogen) atoms. The topological polar surface area (TPSA) is 58.0 Å². The fourth-order valence-electron chi connectivity index (χ4n) is 2.64. The van der Waals surface area contributed by atoms with Crippen molar-refractivity contribution in [3.63, 3.8) is 0 Å². The Balaban J connectivity index is 2.21. The zero-order valence-corrected chi connectivity index (χ0v) is 11.8. The molecule has 1 aliphatic carbocycles. The summed E-state index contributed by atoms with van der Waals surface area (Å²) in [7, 11) is 0. The molecule has 4 nitrogen and oxygen atoms in total. The van der Waals surface area contributed by atoms with Crippen LogP contribution in [0.15, 0.2) is 6.20 Å². The Morgan fingerprint density at radius 1 is 1.56 bits per heavy atom. The van der Waals surface area contributed by atoms with E-state index in [1.165, 1.54) is 12.6 Å². The fraction of sp³-hybridized carbons (Fsp3) is 0.667. The summed E-state index contributed by atoms with van der Waals surface area (Å²) in [5.41, 5.74) is -0.348. The number of rotatable bonds is 3. The van der Waals surface area contributed by atoms with E-state index in [-0.39, 0.29) is 17.4 Å². The van der Waals surface area contributed by atoms with Gasteiger partial charge in [0.05, 0.1) is 18.3 Å². The first kappa shape index (κ1) is 13.8. The van der Waals surface area contributed by atoms with Gasteiger partial charge in [0.25, 0.3) is 0 Å². The molecule has 0 aliphatic heterocycles. The molecule has 0 amide bonds. The van der Waals surface area contributed by atoms with Gasteiger partial charge in [-0.15, -0.1) is 0 Å². The van der Waals surface area contributed by atoms with Crippen LogP contribution in [-0.2, 0) is 0 Å². The Morgan fingerprint density at radius 3 is 3.00 bits per heavy atom. The van der Waals surface area contributed by atoms with Gasteiger partial charge in [0.2, 0.25) is 5.28 Å². The molecule has 1 heterocycles. The molecule has 1 aromatic heterocycles. The Morgan fingerprint density at radius 2 is 2.33 bits per heavy atom. The van der Waals surface area contributed by atoms with Crippen molar-refractivity contribution in [2.75, 3.05) is 11.9 Å². The van der Waals surface area contributed by atoms with Crippen LogP contribution in [0, 0.1) is 5.92 Å². The number of hydrogen-bond donors (Lipinski definition) is 2. The second kappa shape index (κ2) is 5.59. The summed E-state index contributed by atoms with van der Waals surface area (Å²) in [6, 6.07) is 0. The van der Waals surface area contributed by atoms with Crippen LogP contribution in [0.25, 0.3) is 0 Å². The van der Waals surface area contributed by atoms with E-state index in [1.54, 1.807) is 0 Å². The third kappa shape index (κ3) is 3.05. The minimum absolute atomic E-state index is 0.0648. The number of anilines is 1. The van der Waals surface area contributed by atoms with E-state index in [0.717, 1.165) is 19.3 Å². The summed E-state index contributed by atoms with van der Waals surface area (Å²) in [6.45, 7) is 2.26. The van der Waals surface area contributed by atoms with Gasteiger partial charge in [-0.1, -0.05) is 31.4 Å². The molecule has 2 N–H and O–H groups in total. The third-order valence-electron chi connectivity index (χ3n) is 3.49. The van der Waals surface area contributed by atoms with E-state index in [4.69, 9.17) is 23.2 Å². The lowest BCUT2D eigenvalue weighted by molar-refractivity contribution is 0.149. The molecule has 1 fully saturated rings. The molecule has 100 valence electrons. The number of aliphatic hydroxyl groups is 1. The first-order chi connectivity index (χ1) is 8.54. The number of aromatic nitrogens is 2. The summed E-state index contributed by atoms with van der Waals surface area (Å²) < 4.78 is 0. The van der Waals surface area contributed by atoms with Crippen molar-refractivity contribution < 1.29 is 5.11 Å². The number of nitrogens with zero attached hydrogens (tertiary/aromatic N) is 2. The van der Waals surface area contributed by atoms with Gasteiger partial charge in [0, 0.05) is 0 Å². The predicted molar refractivity (Wildman–Crippen MR) is 73.1 cm³/mol. The highest BCUT2D eigenvalue weighted by Crippen LogP contribution is 2.35. The van der Waals surface area contributed by atoms with Crippen LogP contribution in [-0.4, -0.2) is 27.2 Å². The van der Waals surface area contributed by atoms with Gasteiger partial charge >= 0.3 is 0 Å². The lowest BCUT2D eigenvalue weighted by Gasteiger charge is -2.39. The average molecular weight is 290 g/mol. The SMILES string of the molecule is CC1CCCC(CO)(Nc2nc(Cl)ncc2Cl)C1. The van der Waals surface area contributed by atoms with Crippen molar-refractivity contribution in [3.8, 4) is 0 Å². The molecule has 0 saturated heterocycles. The number of nitrogens with one attached hydrogen (secondary N) is 1. The summed E-state index contributed by atoms with van der Waals surface area (Å²) in [5.74, 6) is 1.08. The maximum atomic E-state index is 9.70. The molecular weight excluding hydrogens is 273 g/mol. The molecule has 2 rings (SSSR count). The quantitative estimate of drug-likeness (QED) is 0.840. The van der Waals surface area contributed by atoms with Gasteiger partial charge in [-0.05, 0) is 30.4 Å². The molecule has 6 heteroatoms. The van der Waals surface area contributed by atoms with Gasteiger partial charge < -0.3 is 10.4 Å². The molecule has 1 aromatic rings. The van der Waals surface area contributed by atoms with Crippen molar-refractivity contribution in [2.45, 2.75) is 38.1 Å². The van der Waals surface area contributed by atoms with Gasteiger partial charge in [-0.3, -0.25) is 0 Å². The smallest absolute Gasteiger partial charge is 0.224 e. The highest BCUT2D eigenvalue weighted by atomic mass is 35.5. The molecule has 1 saturated carbocycles. The van der Waals surface area contributed by atoms with Crippen molar-refractivity contribution in [1.29, 1.82) is 0 Å². The fourth-order valence-corrected chi connectivity index (χ4v) is 2.91. The highest BCUT2D eigenvalue weighted by Gasteiger charge is 2.35. The van der Waals surface area contributed by atoms with Crippen LogP contribution in [0.4, 0.5) is 5.82 Å². The second-order valence-electron chi connectivity index (χ2n) is 5.10. The van der Waals surface area contributed by atoms with E-state index in [1.807, 2.05) is 0 Å². The minimum atomic E-state index is -0.348. The maximum Gasteiger partial charge on any atom is 0.224 e. The monoisotopic (exact) mass is 289 g/mol. The Labute approximate surface area is 117 Å². The van der Waals surface area contributed by atoms with Gasteiger partial charge in [-0.25, -0.2) is 4.98 Å². The van der Waals surface area contributed by atoms with Crippen LogP contribution in [0.2, 0.25) is 10.3 Å². The number of halogens is 2. The minimum Gasteiger partial charge on any atom is -0.394 e. The number of hydrogen-bond acceptors (Lipinski definition) is 4. The summed E-state index contributed by atoms with van der Waals surface area (Å²) >= 11 is 11.8. The average Bonchev–Trinajstić information content (AvgIpc) is 2.34. The van der Waals surface area contributed by atoms with Crippen LogP contribution in [0.5, 0.6) is 0 Å². The van der Waals surface area contributed by atoms with Gasteiger partial charge in [-0.2, -0.15) is 4.98 Å².